The van der Waals surface area contributed by atoms with Crippen LogP contribution in [0.3, 0.4) is 0 Å². The van der Waals surface area contributed by atoms with Crippen molar-refractivity contribution in [3.63, 3.8) is 0 Å². The van der Waals surface area contributed by atoms with Crippen molar-refractivity contribution in [2.75, 3.05) is 32.9 Å². The van der Waals surface area contributed by atoms with Crippen molar-refractivity contribution in [3.8, 4) is 63.9 Å². The molecule has 7 aromatic carbocycles. The van der Waals surface area contributed by atoms with E-state index in [0.717, 1.165) is 72.9 Å². The average molecular weight is 740 g/mol. The summed E-state index contributed by atoms with van der Waals surface area (Å²) < 4.78 is 58.1. The van der Waals surface area contributed by atoms with Crippen molar-refractivity contribution in [3.05, 3.63) is 166 Å². The van der Waals surface area contributed by atoms with Crippen LogP contribution in [-0.4, -0.2) is 28.0 Å². The summed E-state index contributed by atoms with van der Waals surface area (Å²) >= 11 is 0. The van der Waals surface area contributed by atoms with E-state index in [0.29, 0.717) is 28.2 Å². The lowest BCUT2D eigenvalue weighted by molar-refractivity contribution is -0.137. The van der Waals surface area contributed by atoms with Gasteiger partial charge in [-0.3, -0.25) is 0 Å². The first-order valence-electron chi connectivity index (χ1n) is 17.7. The third-order valence-corrected chi connectivity index (χ3v) is 9.47. The third kappa shape index (κ3) is 7.30. The molecule has 8 rings (SSSR count). The molecule has 0 aliphatic carbocycles. The normalized spacial score (nSPS) is 11.5. The Morgan fingerprint density at radius 2 is 1.05 bits per heavy atom. The van der Waals surface area contributed by atoms with Crippen LogP contribution in [0, 0.1) is 35.5 Å². The van der Waals surface area contributed by atoms with E-state index in [1.54, 1.807) is 7.11 Å². The van der Waals surface area contributed by atoms with E-state index in [-0.39, 0.29) is 6.79 Å². The number of rotatable bonds is 2. The smallest absolute Gasteiger partial charge is 0.416 e. The zero-order chi connectivity index (χ0) is 38.8. The molecule has 0 N–H and O–H groups in total. The van der Waals surface area contributed by atoms with Gasteiger partial charge in [0.25, 0.3) is 0 Å². The highest BCUT2D eigenvalue weighted by molar-refractivity contribution is 6.12. The second-order valence-electron chi connectivity index (χ2n) is 13.3. The number of hydrogen-bond donors (Lipinski definition) is 0. The Bertz CT molecular complexity index is 2820. The summed E-state index contributed by atoms with van der Waals surface area (Å²) in [6, 6.07) is 38.4. The van der Waals surface area contributed by atoms with Gasteiger partial charge in [0.2, 0.25) is 6.79 Å². The summed E-state index contributed by atoms with van der Waals surface area (Å²) in [5, 5.41) is 3.63. The van der Waals surface area contributed by atoms with Crippen LogP contribution in [0.25, 0.3) is 32.7 Å². The van der Waals surface area contributed by atoms with Crippen LogP contribution in [0.1, 0.15) is 38.9 Å². The molecule has 1 heterocycles. The number of anilines is 1. The molecule has 1 aliphatic heterocycles. The van der Waals surface area contributed by atoms with Gasteiger partial charge in [-0.2, -0.15) is 13.2 Å². The number of fused-ring (bicyclic) bond motifs is 7. The molecule has 0 fully saturated rings. The van der Waals surface area contributed by atoms with E-state index in [9.17, 15) is 13.2 Å². The molecule has 7 heteroatoms. The standard InChI is InChI=1S/C49H32F3NO3/c1-53(2)41-23-14-32(15-24-41)8-9-35-18-27-44-39(28-35)30-38(20-10-33-12-21-40(22-13-33)49(50,51)52)48-46(44)45-43-7-5-4-6-36(43)29-37(47(45)55-31-56-48)19-11-34-16-25-42(54-3)26-17-34/h4-7,12-18,21-30H,31H2,1-3H3. The fourth-order valence-electron chi connectivity index (χ4n) is 6.61. The van der Waals surface area contributed by atoms with Gasteiger partial charge in [0, 0.05) is 53.2 Å². The van der Waals surface area contributed by atoms with Crippen LogP contribution in [-0.2, 0) is 6.18 Å². The second kappa shape index (κ2) is 14.9. The van der Waals surface area contributed by atoms with Gasteiger partial charge in [0.15, 0.2) is 0 Å². The van der Waals surface area contributed by atoms with Crippen molar-refractivity contribution in [2.45, 2.75) is 6.18 Å². The molecule has 0 bridgehead atoms. The van der Waals surface area contributed by atoms with E-state index in [2.05, 4.69) is 35.5 Å². The van der Waals surface area contributed by atoms with Crippen LogP contribution in [0.5, 0.6) is 17.2 Å². The van der Waals surface area contributed by atoms with Gasteiger partial charge >= 0.3 is 6.18 Å². The predicted octanol–water partition coefficient (Wildman–Crippen LogP) is 10.7. The molecular weight excluding hydrogens is 708 g/mol. The summed E-state index contributed by atoms with van der Waals surface area (Å²) in [6.45, 7) is -0.119. The molecule has 0 atom stereocenters. The van der Waals surface area contributed by atoms with Crippen LogP contribution in [0.2, 0.25) is 0 Å². The van der Waals surface area contributed by atoms with Crippen LogP contribution < -0.4 is 19.1 Å². The first-order chi connectivity index (χ1) is 27.1. The lowest BCUT2D eigenvalue weighted by Crippen LogP contribution is -2.07. The molecule has 0 saturated carbocycles. The number of alkyl halides is 3. The summed E-state index contributed by atoms with van der Waals surface area (Å²) in [5.74, 6) is 21.3. The average Bonchev–Trinajstić information content (AvgIpc) is 3.42. The lowest BCUT2D eigenvalue weighted by Gasteiger charge is -2.16. The topological polar surface area (TPSA) is 30.9 Å². The minimum absolute atomic E-state index is 0.119. The van der Waals surface area contributed by atoms with Crippen LogP contribution in [0.4, 0.5) is 18.9 Å². The zero-order valence-corrected chi connectivity index (χ0v) is 30.6. The van der Waals surface area contributed by atoms with E-state index >= 15 is 0 Å². The first kappa shape index (κ1) is 35.7. The SMILES string of the molecule is COc1ccc(C#Cc2cc3ccccc3c3c2OCOc2c(C#Cc4ccc(C(F)(F)F)cc4)cc4cc(C#Cc5ccc(N(C)C)cc5)ccc4c2-3)cc1. The first-order valence-corrected chi connectivity index (χ1v) is 17.7. The molecular formula is C49H32F3NO3. The molecule has 0 spiro atoms. The maximum Gasteiger partial charge on any atom is 0.416 e. The number of hydrogen-bond acceptors (Lipinski definition) is 4. The molecule has 272 valence electrons. The molecule has 4 nitrogen and oxygen atoms in total. The molecule has 0 amide bonds. The summed E-state index contributed by atoms with van der Waals surface area (Å²) in [5.41, 5.74) is 6.08. The summed E-state index contributed by atoms with van der Waals surface area (Å²) in [6.07, 6.45) is -4.44. The fraction of sp³-hybridized carbons (Fsp3) is 0.102. The highest BCUT2D eigenvalue weighted by Crippen LogP contribution is 2.50. The molecule has 0 radical (unpaired) electrons. The lowest BCUT2D eigenvalue weighted by atomic mass is 9.88. The van der Waals surface area contributed by atoms with E-state index in [1.807, 2.05) is 122 Å². The van der Waals surface area contributed by atoms with Gasteiger partial charge in [-0.25, -0.2) is 0 Å². The summed E-state index contributed by atoms with van der Waals surface area (Å²) in [7, 11) is 5.61. The van der Waals surface area contributed by atoms with Crippen molar-refractivity contribution in [1.82, 2.24) is 0 Å². The molecule has 7 aromatic rings. The van der Waals surface area contributed by atoms with Crippen LogP contribution >= 0.6 is 0 Å². The number of halogens is 3. The quantitative estimate of drug-likeness (QED) is 0.165. The predicted molar refractivity (Wildman–Crippen MR) is 216 cm³/mol. The van der Waals surface area contributed by atoms with Gasteiger partial charge in [0.1, 0.15) is 17.2 Å². The minimum Gasteiger partial charge on any atom is -0.497 e. The minimum atomic E-state index is -4.44. The van der Waals surface area contributed by atoms with Gasteiger partial charge in [-0.05, 0) is 119 Å². The molecule has 0 unspecified atom stereocenters. The Balaban J connectivity index is 1.33. The number of ether oxygens (including phenoxy) is 3. The van der Waals surface area contributed by atoms with Gasteiger partial charge in [-0.1, -0.05) is 65.9 Å². The zero-order valence-electron chi connectivity index (χ0n) is 30.6. The molecule has 0 saturated heterocycles. The molecule has 0 aromatic heterocycles. The van der Waals surface area contributed by atoms with Crippen molar-refractivity contribution >= 4 is 27.2 Å². The highest BCUT2D eigenvalue weighted by Gasteiger charge is 2.30. The fourth-order valence-corrected chi connectivity index (χ4v) is 6.61. The largest absolute Gasteiger partial charge is 0.497 e. The second-order valence-corrected chi connectivity index (χ2v) is 13.3. The molecule has 56 heavy (non-hydrogen) atoms. The number of benzene rings is 7. The summed E-state index contributed by atoms with van der Waals surface area (Å²) in [4.78, 5) is 2.04. The van der Waals surface area contributed by atoms with Crippen molar-refractivity contribution < 1.29 is 27.4 Å². The van der Waals surface area contributed by atoms with E-state index in [1.165, 1.54) is 12.1 Å². The van der Waals surface area contributed by atoms with Crippen LogP contribution in [0.15, 0.2) is 127 Å². The third-order valence-electron chi connectivity index (χ3n) is 9.47. The van der Waals surface area contributed by atoms with Gasteiger partial charge in [-0.15, -0.1) is 0 Å². The monoisotopic (exact) mass is 739 g/mol. The van der Waals surface area contributed by atoms with Gasteiger partial charge in [0.05, 0.1) is 23.8 Å². The maximum atomic E-state index is 13.3. The Labute approximate surface area is 323 Å². The van der Waals surface area contributed by atoms with Crippen molar-refractivity contribution in [2.24, 2.45) is 0 Å². The highest BCUT2D eigenvalue weighted by atomic mass is 19.4. The number of nitrogens with zero attached hydrogens (tertiary/aromatic N) is 1. The Hall–Kier alpha value is -7.27. The maximum absolute atomic E-state index is 13.3. The van der Waals surface area contributed by atoms with Gasteiger partial charge < -0.3 is 19.1 Å². The van der Waals surface area contributed by atoms with E-state index in [4.69, 9.17) is 14.2 Å². The number of methoxy groups -OCH3 is 1. The Morgan fingerprint density at radius 3 is 1.64 bits per heavy atom. The van der Waals surface area contributed by atoms with E-state index < -0.39 is 11.7 Å². The Kier molecular flexibility index (Phi) is 9.49. The Morgan fingerprint density at radius 1 is 0.554 bits per heavy atom. The van der Waals surface area contributed by atoms with Crippen molar-refractivity contribution in [1.29, 1.82) is 0 Å². The molecule has 1 aliphatic rings.